The summed E-state index contributed by atoms with van der Waals surface area (Å²) in [7, 11) is 2.73. The van der Waals surface area contributed by atoms with E-state index in [4.69, 9.17) is 9.47 Å². The fourth-order valence-electron chi connectivity index (χ4n) is 3.24. The highest BCUT2D eigenvalue weighted by atomic mass is 16.5. The molecule has 0 aliphatic rings. The summed E-state index contributed by atoms with van der Waals surface area (Å²) in [6.07, 6.45) is 1.02. The minimum absolute atomic E-state index is 0.116. The lowest BCUT2D eigenvalue weighted by atomic mass is 10.0. The predicted molar refractivity (Wildman–Crippen MR) is 99.3 cm³/mol. The van der Waals surface area contributed by atoms with Gasteiger partial charge in [0.1, 0.15) is 0 Å². The number of ether oxygens (including phenoxy) is 2. The molecule has 1 heterocycles. The summed E-state index contributed by atoms with van der Waals surface area (Å²) in [5.74, 6) is -0.335. The third-order valence-electron chi connectivity index (χ3n) is 4.49. The van der Waals surface area contributed by atoms with Crippen LogP contribution in [0, 0.1) is 0 Å². The van der Waals surface area contributed by atoms with Crippen LogP contribution >= 0.6 is 0 Å². The van der Waals surface area contributed by atoms with E-state index in [1.165, 1.54) is 14.2 Å². The molecule has 0 N–H and O–H groups in total. The molecule has 0 amide bonds. The van der Waals surface area contributed by atoms with Crippen molar-refractivity contribution in [2.75, 3.05) is 14.2 Å². The molecule has 0 radical (unpaired) electrons. The SMILES string of the molecule is COC(=O)Cc1c(CCc2ccccc2)n(C(=O)OC)c2ccccc12. The molecule has 0 saturated carbocycles. The molecule has 0 bridgehead atoms. The van der Waals surface area contributed by atoms with Gasteiger partial charge in [-0.3, -0.25) is 4.79 Å². The zero-order valence-electron chi connectivity index (χ0n) is 14.9. The number of hydrogen-bond acceptors (Lipinski definition) is 4. The average molecular weight is 351 g/mol. The number of nitrogens with zero attached hydrogens (tertiary/aromatic N) is 1. The van der Waals surface area contributed by atoms with Crippen molar-refractivity contribution in [3.8, 4) is 0 Å². The van der Waals surface area contributed by atoms with Gasteiger partial charge in [0.05, 0.1) is 26.2 Å². The van der Waals surface area contributed by atoms with Crippen LogP contribution < -0.4 is 0 Å². The molecule has 0 unspecified atom stereocenters. The zero-order chi connectivity index (χ0) is 18.5. The van der Waals surface area contributed by atoms with Crippen molar-refractivity contribution in [1.29, 1.82) is 0 Å². The number of hydrogen-bond donors (Lipinski definition) is 0. The average Bonchev–Trinajstić information content (AvgIpc) is 3.00. The Hall–Kier alpha value is -3.08. The molecule has 0 aliphatic heterocycles. The van der Waals surface area contributed by atoms with Gasteiger partial charge in [0.2, 0.25) is 0 Å². The van der Waals surface area contributed by atoms with Crippen LogP contribution in [0.1, 0.15) is 16.8 Å². The highest BCUT2D eigenvalue weighted by Crippen LogP contribution is 2.28. The van der Waals surface area contributed by atoms with E-state index in [-0.39, 0.29) is 12.4 Å². The van der Waals surface area contributed by atoms with E-state index in [2.05, 4.69) is 0 Å². The molecule has 0 aliphatic carbocycles. The van der Waals surface area contributed by atoms with E-state index in [0.29, 0.717) is 6.42 Å². The first kappa shape index (κ1) is 17.7. The molecule has 26 heavy (non-hydrogen) atoms. The number of para-hydroxylation sites is 1. The predicted octanol–water partition coefficient (Wildman–Crippen LogP) is 3.76. The summed E-state index contributed by atoms with van der Waals surface area (Å²) in [6.45, 7) is 0. The molecule has 134 valence electrons. The second kappa shape index (κ2) is 7.87. The summed E-state index contributed by atoms with van der Waals surface area (Å²) in [4.78, 5) is 24.4. The van der Waals surface area contributed by atoms with Gasteiger partial charge in [0.15, 0.2) is 0 Å². The summed E-state index contributed by atoms with van der Waals surface area (Å²) in [5.41, 5.74) is 3.50. The number of aromatic nitrogens is 1. The molecule has 3 rings (SSSR count). The van der Waals surface area contributed by atoms with Crippen LogP contribution in [-0.2, 0) is 33.5 Å². The molecule has 0 spiro atoms. The molecule has 5 nitrogen and oxygen atoms in total. The number of methoxy groups -OCH3 is 2. The van der Waals surface area contributed by atoms with Crippen LogP contribution in [-0.4, -0.2) is 30.8 Å². The van der Waals surface area contributed by atoms with Crippen molar-refractivity contribution >= 4 is 23.0 Å². The Bertz CT molecular complexity index is 928. The van der Waals surface area contributed by atoms with Gasteiger partial charge >= 0.3 is 12.1 Å². The first-order valence-electron chi connectivity index (χ1n) is 8.46. The summed E-state index contributed by atoms with van der Waals surface area (Å²) < 4.78 is 11.4. The van der Waals surface area contributed by atoms with E-state index < -0.39 is 6.09 Å². The Morgan fingerprint density at radius 3 is 2.27 bits per heavy atom. The topological polar surface area (TPSA) is 57.5 Å². The van der Waals surface area contributed by atoms with Crippen LogP contribution in [0.5, 0.6) is 0 Å². The van der Waals surface area contributed by atoms with Crippen molar-refractivity contribution in [1.82, 2.24) is 4.57 Å². The Kier molecular flexibility index (Phi) is 5.37. The first-order valence-corrected chi connectivity index (χ1v) is 8.46. The molecule has 1 aromatic heterocycles. The number of esters is 1. The van der Waals surface area contributed by atoms with E-state index in [0.717, 1.165) is 34.1 Å². The number of aryl methyl sites for hydroxylation is 1. The van der Waals surface area contributed by atoms with Crippen LogP contribution in [0.25, 0.3) is 10.9 Å². The van der Waals surface area contributed by atoms with Crippen LogP contribution in [0.15, 0.2) is 54.6 Å². The molecular formula is C21H21NO4. The van der Waals surface area contributed by atoms with E-state index in [1.54, 1.807) is 4.57 Å². The maximum atomic E-state index is 12.5. The van der Waals surface area contributed by atoms with Gasteiger partial charge in [0.25, 0.3) is 0 Å². The van der Waals surface area contributed by atoms with Crippen molar-refractivity contribution < 1.29 is 19.1 Å². The Morgan fingerprint density at radius 1 is 0.885 bits per heavy atom. The van der Waals surface area contributed by atoms with Gasteiger partial charge in [-0.2, -0.15) is 0 Å². The van der Waals surface area contributed by atoms with E-state index in [1.807, 2.05) is 54.6 Å². The lowest BCUT2D eigenvalue weighted by Crippen LogP contribution is -2.16. The third-order valence-corrected chi connectivity index (χ3v) is 4.49. The van der Waals surface area contributed by atoms with Crippen LogP contribution in [0.2, 0.25) is 0 Å². The number of carbonyl (C=O) groups is 2. The van der Waals surface area contributed by atoms with Gasteiger partial charge in [-0.05, 0) is 30.0 Å². The first-order chi connectivity index (χ1) is 12.7. The maximum Gasteiger partial charge on any atom is 0.418 e. The summed E-state index contributed by atoms with van der Waals surface area (Å²) >= 11 is 0. The van der Waals surface area contributed by atoms with Crippen LogP contribution in [0.3, 0.4) is 0 Å². The fourth-order valence-corrected chi connectivity index (χ4v) is 3.24. The number of fused-ring (bicyclic) bond motifs is 1. The number of rotatable bonds is 5. The summed E-state index contributed by atoms with van der Waals surface area (Å²) in [5, 5.41) is 0.867. The largest absolute Gasteiger partial charge is 0.469 e. The Labute approximate surface area is 152 Å². The third kappa shape index (κ3) is 3.47. The molecule has 2 aromatic carbocycles. The van der Waals surface area contributed by atoms with Gasteiger partial charge in [0, 0.05) is 11.1 Å². The molecule has 0 fully saturated rings. The van der Waals surface area contributed by atoms with Crippen molar-refractivity contribution in [2.45, 2.75) is 19.3 Å². The van der Waals surface area contributed by atoms with Gasteiger partial charge in [-0.25, -0.2) is 9.36 Å². The monoisotopic (exact) mass is 351 g/mol. The quantitative estimate of drug-likeness (QED) is 0.657. The highest BCUT2D eigenvalue weighted by Gasteiger charge is 2.23. The molecule has 3 aromatic rings. The van der Waals surface area contributed by atoms with Crippen molar-refractivity contribution in [2.24, 2.45) is 0 Å². The van der Waals surface area contributed by atoms with E-state index >= 15 is 0 Å². The lowest BCUT2D eigenvalue weighted by molar-refractivity contribution is -0.139. The second-order valence-electron chi connectivity index (χ2n) is 5.99. The highest BCUT2D eigenvalue weighted by molar-refractivity contribution is 5.95. The Morgan fingerprint density at radius 2 is 1.58 bits per heavy atom. The summed E-state index contributed by atoms with van der Waals surface area (Å²) in [6, 6.07) is 17.6. The minimum atomic E-state index is -0.458. The van der Waals surface area contributed by atoms with Crippen molar-refractivity contribution in [3.05, 3.63) is 71.4 Å². The smallest absolute Gasteiger partial charge is 0.418 e. The lowest BCUT2D eigenvalue weighted by Gasteiger charge is -2.10. The van der Waals surface area contributed by atoms with Gasteiger partial charge in [-0.15, -0.1) is 0 Å². The molecule has 0 saturated heterocycles. The molecule has 5 heteroatoms. The normalized spacial score (nSPS) is 10.7. The van der Waals surface area contributed by atoms with E-state index in [9.17, 15) is 9.59 Å². The molecule has 0 atom stereocenters. The number of benzene rings is 2. The standard InChI is InChI=1S/C21H21NO4/c1-25-20(23)14-17-16-10-6-7-11-18(16)22(21(24)26-2)19(17)13-12-15-8-4-3-5-9-15/h3-11H,12-14H2,1-2H3. The van der Waals surface area contributed by atoms with Gasteiger partial charge < -0.3 is 9.47 Å². The van der Waals surface area contributed by atoms with Crippen LogP contribution in [0.4, 0.5) is 4.79 Å². The number of carbonyl (C=O) groups excluding carboxylic acids is 2. The Balaban J connectivity index is 2.11. The zero-order valence-corrected chi connectivity index (χ0v) is 14.9. The van der Waals surface area contributed by atoms with Crippen molar-refractivity contribution in [3.63, 3.8) is 0 Å². The minimum Gasteiger partial charge on any atom is -0.469 e. The van der Waals surface area contributed by atoms with Gasteiger partial charge in [-0.1, -0.05) is 48.5 Å². The maximum absolute atomic E-state index is 12.5. The second-order valence-corrected chi connectivity index (χ2v) is 5.99. The molecular weight excluding hydrogens is 330 g/mol. The fraction of sp³-hybridized carbons (Fsp3) is 0.238.